The molecule has 3 aromatic carbocycles. The largest absolute Gasteiger partial charge is 0.497 e. The van der Waals surface area contributed by atoms with Gasteiger partial charge in [0.25, 0.3) is 10.0 Å². The summed E-state index contributed by atoms with van der Waals surface area (Å²) in [5.41, 5.74) is 1.96. The predicted molar refractivity (Wildman–Crippen MR) is 132 cm³/mol. The standard InChI is InChI=1S/C24H26N2O5S2/c1-16-5-10-20(11-6-16)32-17(2)24(27)25-18-7-12-21(13-8-18)33(28,29)26-22-14-9-19(30-3)15-23(22)31-4/h5-15,17,26H,1-4H3,(H,25,27). The summed E-state index contributed by atoms with van der Waals surface area (Å²) in [6, 6.07) is 18.7. The van der Waals surface area contributed by atoms with Crippen LogP contribution in [-0.4, -0.2) is 33.8 Å². The number of ether oxygens (including phenoxy) is 2. The summed E-state index contributed by atoms with van der Waals surface area (Å²) >= 11 is 1.46. The van der Waals surface area contributed by atoms with Gasteiger partial charge in [0, 0.05) is 16.6 Å². The summed E-state index contributed by atoms with van der Waals surface area (Å²) < 4.78 is 38.5. The Morgan fingerprint density at radius 3 is 2.21 bits per heavy atom. The molecule has 1 atom stereocenters. The zero-order chi connectivity index (χ0) is 24.0. The predicted octanol–water partition coefficient (Wildman–Crippen LogP) is 4.93. The zero-order valence-electron chi connectivity index (χ0n) is 18.8. The average molecular weight is 487 g/mol. The van der Waals surface area contributed by atoms with Crippen LogP contribution in [-0.2, 0) is 14.8 Å². The number of hydrogen-bond acceptors (Lipinski definition) is 6. The van der Waals surface area contributed by atoms with Gasteiger partial charge in [-0.05, 0) is 62.4 Å². The van der Waals surface area contributed by atoms with Crippen molar-refractivity contribution in [3.05, 3.63) is 72.3 Å². The summed E-state index contributed by atoms with van der Waals surface area (Å²) in [6.45, 7) is 3.84. The molecule has 0 spiro atoms. The van der Waals surface area contributed by atoms with E-state index in [-0.39, 0.29) is 21.7 Å². The lowest BCUT2D eigenvalue weighted by Gasteiger charge is -2.14. The van der Waals surface area contributed by atoms with Gasteiger partial charge >= 0.3 is 0 Å². The van der Waals surface area contributed by atoms with Gasteiger partial charge in [-0.25, -0.2) is 8.42 Å². The van der Waals surface area contributed by atoms with E-state index < -0.39 is 10.0 Å². The van der Waals surface area contributed by atoms with E-state index >= 15 is 0 Å². The van der Waals surface area contributed by atoms with Gasteiger partial charge in [0.15, 0.2) is 0 Å². The van der Waals surface area contributed by atoms with Gasteiger partial charge in [-0.15, -0.1) is 11.8 Å². The van der Waals surface area contributed by atoms with Crippen LogP contribution >= 0.6 is 11.8 Å². The molecule has 7 nitrogen and oxygen atoms in total. The average Bonchev–Trinajstić information content (AvgIpc) is 2.81. The van der Waals surface area contributed by atoms with Crippen LogP contribution in [0, 0.1) is 6.92 Å². The van der Waals surface area contributed by atoms with Gasteiger partial charge in [-0.3, -0.25) is 9.52 Å². The number of aryl methyl sites for hydroxylation is 1. The molecule has 1 unspecified atom stereocenters. The smallest absolute Gasteiger partial charge is 0.262 e. The van der Waals surface area contributed by atoms with E-state index in [9.17, 15) is 13.2 Å². The maximum Gasteiger partial charge on any atom is 0.262 e. The van der Waals surface area contributed by atoms with Crippen LogP contribution in [0.2, 0.25) is 0 Å². The van der Waals surface area contributed by atoms with Crippen LogP contribution in [0.15, 0.2) is 76.5 Å². The molecule has 0 heterocycles. The van der Waals surface area contributed by atoms with Crippen molar-refractivity contribution in [2.24, 2.45) is 0 Å². The molecular formula is C24H26N2O5S2. The highest BCUT2D eigenvalue weighted by Crippen LogP contribution is 2.31. The Morgan fingerprint density at radius 1 is 0.939 bits per heavy atom. The van der Waals surface area contributed by atoms with Crippen LogP contribution in [0.3, 0.4) is 0 Å². The molecule has 0 aliphatic carbocycles. The fourth-order valence-corrected chi connectivity index (χ4v) is 4.86. The SMILES string of the molecule is COc1ccc(NS(=O)(=O)c2ccc(NC(=O)C(C)Sc3ccc(C)cc3)cc2)c(OC)c1. The number of methoxy groups -OCH3 is 2. The number of amides is 1. The summed E-state index contributed by atoms with van der Waals surface area (Å²) in [5, 5.41) is 2.50. The van der Waals surface area contributed by atoms with Gasteiger partial charge in [0.1, 0.15) is 11.5 Å². The molecule has 0 aliphatic heterocycles. The quantitative estimate of drug-likeness (QED) is 0.417. The number of nitrogens with one attached hydrogen (secondary N) is 2. The zero-order valence-corrected chi connectivity index (χ0v) is 20.4. The van der Waals surface area contributed by atoms with E-state index in [0.29, 0.717) is 17.2 Å². The first-order valence-electron chi connectivity index (χ1n) is 10.1. The number of benzene rings is 3. The van der Waals surface area contributed by atoms with Crippen molar-refractivity contribution in [2.45, 2.75) is 28.9 Å². The number of carbonyl (C=O) groups excluding carboxylic acids is 1. The second-order valence-electron chi connectivity index (χ2n) is 7.26. The highest BCUT2D eigenvalue weighted by Gasteiger charge is 2.18. The van der Waals surface area contributed by atoms with E-state index in [4.69, 9.17) is 9.47 Å². The molecule has 1 amide bonds. The van der Waals surface area contributed by atoms with E-state index in [1.54, 1.807) is 30.3 Å². The Kier molecular flexibility index (Phi) is 7.88. The van der Waals surface area contributed by atoms with Crippen molar-refractivity contribution in [1.82, 2.24) is 0 Å². The second kappa shape index (κ2) is 10.6. The van der Waals surface area contributed by atoms with E-state index in [1.807, 2.05) is 38.1 Å². The highest BCUT2D eigenvalue weighted by molar-refractivity contribution is 8.00. The van der Waals surface area contributed by atoms with Crippen LogP contribution < -0.4 is 19.5 Å². The molecule has 0 aromatic heterocycles. The lowest BCUT2D eigenvalue weighted by molar-refractivity contribution is -0.115. The van der Waals surface area contributed by atoms with Crippen LogP contribution in [0.1, 0.15) is 12.5 Å². The molecule has 2 N–H and O–H groups in total. The minimum atomic E-state index is -3.86. The second-order valence-corrected chi connectivity index (χ2v) is 10.4. The number of thioether (sulfide) groups is 1. The normalized spacial score (nSPS) is 12.0. The van der Waals surface area contributed by atoms with Crippen molar-refractivity contribution < 1.29 is 22.7 Å². The molecule has 0 saturated heterocycles. The lowest BCUT2D eigenvalue weighted by Crippen LogP contribution is -2.22. The van der Waals surface area contributed by atoms with E-state index in [2.05, 4.69) is 10.0 Å². The van der Waals surface area contributed by atoms with Gasteiger partial charge in [0.05, 0.1) is 30.1 Å². The van der Waals surface area contributed by atoms with Crippen molar-refractivity contribution in [3.63, 3.8) is 0 Å². The Bertz CT molecular complexity index is 1210. The third-order valence-electron chi connectivity index (χ3n) is 4.79. The van der Waals surface area contributed by atoms with Gasteiger partial charge in [-0.2, -0.15) is 0 Å². The molecule has 174 valence electrons. The Hall–Kier alpha value is -3.17. The Labute approximate surface area is 198 Å². The van der Waals surface area contributed by atoms with Gasteiger partial charge < -0.3 is 14.8 Å². The number of rotatable bonds is 9. The first kappa shape index (κ1) is 24.5. The molecule has 0 saturated carbocycles. The first-order chi connectivity index (χ1) is 15.7. The molecule has 0 aliphatic rings. The van der Waals surface area contributed by atoms with Crippen LogP contribution in [0.4, 0.5) is 11.4 Å². The maximum absolute atomic E-state index is 12.8. The Balaban J connectivity index is 1.66. The van der Waals surface area contributed by atoms with Gasteiger partial charge in [-0.1, -0.05) is 17.7 Å². The van der Waals surface area contributed by atoms with Crippen LogP contribution in [0.5, 0.6) is 11.5 Å². The lowest BCUT2D eigenvalue weighted by atomic mass is 10.2. The summed E-state index contributed by atoms with van der Waals surface area (Å²) in [5.74, 6) is 0.712. The number of carbonyl (C=O) groups is 1. The molecule has 0 bridgehead atoms. The number of hydrogen-bond donors (Lipinski definition) is 2. The van der Waals surface area contributed by atoms with Gasteiger partial charge in [0.2, 0.25) is 5.91 Å². The summed E-state index contributed by atoms with van der Waals surface area (Å²) in [4.78, 5) is 13.6. The topological polar surface area (TPSA) is 93.7 Å². The number of anilines is 2. The fourth-order valence-electron chi connectivity index (χ4n) is 2.92. The molecular weight excluding hydrogens is 460 g/mol. The van der Waals surface area contributed by atoms with Crippen molar-refractivity contribution in [3.8, 4) is 11.5 Å². The van der Waals surface area contributed by atoms with Crippen molar-refractivity contribution in [1.29, 1.82) is 0 Å². The summed E-state index contributed by atoms with van der Waals surface area (Å²) in [7, 11) is -0.898. The summed E-state index contributed by atoms with van der Waals surface area (Å²) in [6.07, 6.45) is 0. The van der Waals surface area contributed by atoms with Crippen LogP contribution in [0.25, 0.3) is 0 Å². The molecule has 3 rings (SSSR count). The third-order valence-corrected chi connectivity index (χ3v) is 7.28. The number of sulfonamides is 1. The van der Waals surface area contributed by atoms with Crippen molar-refractivity contribution >= 4 is 39.1 Å². The maximum atomic E-state index is 12.8. The van der Waals surface area contributed by atoms with E-state index in [1.165, 1.54) is 38.1 Å². The third kappa shape index (κ3) is 6.43. The molecule has 3 aromatic rings. The first-order valence-corrected chi connectivity index (χ1v) is 12.5. The van der Waals surface area contributed by atoms with E-state index in [0.717, 1.165) is 10.5 Å². The minimum Gasteiger partial charge on any atom is -0.497 e. The minimum absolute atomic E-state index is 0.0560. The van der Waals surface area contributed by atoms with Crippen molar-refractivity contribution in [2.75, 3.05) is 24.3 Å². The molecule has 0 radical (unpaired) electrons. The molecule has 0 fully saturated rings. The molecule has 9 heteroatoms. The fraction of sp³-hybridized carbons (Fsp3) is 0.208. The monoisotopic (exact) mass is 486 g/mol. The highest BCUT2D eigenvalue weighted by atomic mass is 32.2. The Morgan fingerprint density at radius 2 is 1.61 bits per heavy atom. The molecule has 33 heavy (non-hydrogen) atoms.